The molecule has 0 radical (unpaired) electrons. The molecule has 144 valence electrons. The zero-order chi connectivity index (χ0) is 19.5. The lowest BCUT2D eigenvalue weighted by atomic mass is 9.34. The van der Waals surface area contributed by atoms with Crippen molar-refractivity contribution in [2.75, 3.05) is 6.54 Å². The highest BCUT2D eigenvalue weighted by Gasteiger charge is 2.72. The van der Waals surface area contributed by atoms with Gasteiger partial charge in [-0.05, 0) is 54.7 Å². The molecule has 4 aliphatic rings. The van der Waals surface area contributed by atoms with Crippen LogP contribution in [-0.2, 0) is 11.3 Å². The molecule has 2 aromatic rings. The van der Waals surface area contributed by atoms with Crippen molar-refractivity contribution in [3.8, 4) is 6.07 Å². The van der Waals surface area contributed by atoms with E-state index in [-0.39, 0.29) is 28.6 Å². The molecule has 6 rings (SSSR count). The van der Waals surface area contributed by atoms with Gasteiger partial charge in [0.1, 0.15) is 11.9 Å². The number of benzene rings is 1. The molecule has 4 fully saturated rings. The Morgan fingerprint density at radius 2 is 2.18 bits per heavy atom. The Kier molecular flexibility index (Phi) is 3.67. The third kappa shape index (κ3) is 2.56. The van der Waals surface area contributed by atoms with Crippen LogP contribution in [0.25, 0.3) is 0 Å². The highest BCUT2D eigenvalue weighted by atomic mass is 19.1. The molecule has 3 saturated carbocycles. The van der Waals surface area contributed by atoms with E-state index in [1.807, 2.05) is 15.6 Å². The summed E-state index contributed by atoms with van der Waals surface area (Å²) in [6, 6.07) is 8.76. The standard InChI is InChI=1S/C22H23FN4O/c1-15-5-19(17-3-2-4-18(23)6-17)27(9-15)20(28)22-11-21(12-22,13-22)14-26-10-16(7-24)8-25-26/h2-4,6,8,10,15,19H,5,9,11-14H2,1H3. The quantitative estimate of drug-likeness (QED) is 0.815. The Morgan fingerprint density at radius 1 is 1.39 bits per heavy atom. The number of amides is 1. The fourth-order valence-corrected chi connectivity index (χ4v) is 5.85. The second-order valence-electron chi connectivity index (χ2n) is 9.22. The number of aromatic nitrogens is 2. The van der Waals surface area contributed by atoms with Gasteiger partial charge in [0.25, 0.3) is 0 Å². The molecular weight excluding hydrogens is 355 g/mol. The van der Waals surface area contributed by atoms with Crippen LogP contribution in [0.3, 0.4) is 0 Å². The van der Waals surface area contributed by atoms with Crippen molar-refractivity contribution in [2.24, 2.45) is 16.7 Å². The molecule has 1 aromatic carbocycles. The van der Waals surface area contributed by atoms with Crippen molar-refractivity contribution in [3.05, 3.63) is 53.6 Å². The van der Waals surface area contributed by atoms with Gasteiger partial charge >= 0.3 is 0 Å². The van der Waals surface area contributed by atoms with E-state index in [9.17, 15) is 9.18 Å². The first-order chi connectivity index (χ1) is 13.4. The van der Waals surface area contributed by atoms with Gasteiger partial charge in [0.2, 0.25) is 5.91 Å². The van der Waals surface area contributed by atoms with Gasteiger partial charge < -0.3 is 4.90 Å². The van der Waals surface area contributed by atoms with Crippen molar-refractivity contribution in [1.82, 2.24) is 14.7 Å². The van der Waals surface area contributed by atoms with Crippen LogP contribution >= 0.6 is 0 Å². The van der Waals surface area contributed by atoms with Crippen LogP contribution < -0.4 is 0 Å². The summed E-state index contributed by atoms with van der Waals surface area (Å²) in [5, 5.41) is 13.2. The largest absolute Gasteiger partial charge is 0.335 e. The smallest absolute Gasteiger partial charge is 0.229 e. The average Bonchev–Trinajstić information content (AvgIpc) is 3.22. The average molecular weight is 378 g/mol. The molecule has 1 amide bonds. The Hall–Kier alpha value is -2.68. The molecule has 1 saturated heterocycles. The molecule has 28 heavy (non-hydrogen) atoms. The van der Waals surface area contributed by atoms with Gasteiger partial charge in [-0.15, -0.1) is 0 Å². The highest BCUT2D eigenvalue weighted by Crippen LogP contribution is 2.74. The van der Waals surface area contributed by atoms with Gasteiger partial charge in [-0.3, -0.25) is 9.48 Å². The minimum Gasteiger partial charge on any atom is -0.335 e. The summed E-state index contributed by atoms with van der Waals surface area (Å²) in [7, 11) is 0. The lowest BCUT2D eigenvalue weighted by Crippen LogP contribution is -2.69. The van der Waals surface area contributed by atoms with Gasteiger partial charge in [0, 0.05) is 19.3 Å². The summed E-state index contributed by atoms with van der Waals surface area (Å²) in [4.78, 5) is 15.4. The number of likely N-dealkylation sites (tertiary alicyclic amines) is 1. The van der Waals surface area contributed by atoms with E-state index in [0.717, 1.165) is 44.3 Å². The Morgan fingerprint density at radius 3 is 2.86 bits per heavy atom. The van der Waals surface area contributed by atoms with Crippen molar-refractivity contribution in [1.29, 1.82) is 5.26 Å². The Balaban J connectivity index is 1.29. The monoisotopic (exact) mass is 378 g/mol. The van der Waals surface area contributed by atoms with Crippen LogP contribution in [0.1, 0.15) is 49.8 Å². The maximum Gasteiger partial charge on any atom is 0.229 e. The Bertz CT molecular complexity index is 971. The number of nitrogens with zero attached hydrogens (tertiary/aromatic N) is 4. The first kappa shape index (κ1) is 17.4. The topological polar surface area (TPSA) is 61.9 Å². The zero-order valence-electron chi connectivity index (χ0n) is 15.9. The first-order valence-electron chi connectivity index (χ1n) is 9.91. The fourth-order valence-electron chi connectivity index (χ4n) is 5.85. The predicted molar refractivity (Wildman–Crippen MR) is 100 cm³/mol. The highest BCUT2D eigenvalue weighted by molar-refractivity contribution is 5.87. The lowest BCUT2D eigenvalue weighted by Gasteiger charge is -2.70. The van der Waals surface area contributed by atoms with E-state index in [1.165, 1.54) is 6.07 Å². The molecule has 3 aliphatic carbocycles. The minimum absolute atomic E-state index is 0.0209. The summed E-state index contributed by atoms with van der Waals surface area (Å²) >= 11 is 0. The number of rotatable bonds is 4. The fraction of sp³-hybridized carbons (Fsp3) is 0.500. The van der Waals surface area contributed by atoms with Crippen molar-refractivity contribution in [3.63, 3.8) is 0 Å². The number of halogens is 1. The SMILES string of the molecule is CC1CC(c2cccc(F)c2)N(C(=O)C23CC(Cn4cc(C#N)cn4)(C2)C3)C1. The van der Waals surface area contributed by atoms with Crippen LogP contribution in [0.2, 0.25) is 0 Å². The molecule has 6 heteroatoms. The van der Waals surface area contributed by atoms with E-state index < -0.39 is 0 Å². The minimum atomic E-state index is -0.245. The van der Waals surface area contributed by atoms with Crippen LogP contribution in [-0.4, -0.2) is 27.1 Å². The molecule has 0 N–H and O–H groups in total. The van der Waals surface area contributed by atoms with Crippen molar-refractivity contribution in [2.45, 2.75) is 45.2 Å². The number of hydrogen-bond donors (Lipinski definition) is 0. The van der Waals surface area contributed by atoms with E-state index in [2.05, 4.69) is 18.1 Å². The van der Waals surface area contributed by atoms with Crippen LogP contribution in [0.15, 0.2) is 36.7 Å². The molecular formula is C22H23FN4O. The van der Waals surface area contributed by atoms with E-state index in [1.54, 1.807) is 24.5 Å². The molecule has 1 aliphatic heterocycles. The summed E-state index contributed by atoms with van der Waals surface area (Å²) in [5.74, 6) is 0.419. The number of carbonyl (C=O) groups is 1. The molecule has 5 nitrogen and oxygen atoms in total. The van der Waals surface area contributed by atoms with Gasteiger partial charge in [-0.2, -0.15) is 10.4 Å². The van der Waals surface area contributed by atoms with Crippen LogP contribution in [0.5, 0.6) is 0 Å². The molecule has 2 bridgehead atoms. The predicted octanol–water partition coefficient (Wildman–Crippen LogP) is 3.67. The molecule has 0 spiro atoms. The third-order valence-corrected chi connectivity index (χ3v) is 6.86. The summed E-state index contributed by atoms with van der Waals surface area (Å²) < 4.78 is 15.6. The van der Waals surface area contributed by atoms with Gasteiger partial charge in [0.05, 0.1) is 23.2 Å². The molecule has 2 atom stereocenters. The second kappa shape index (κ2) is 5.91. The summed E-state index contributed by atoms with van der Waals surface area (Å²) in [6.07, 6.45) is 6.92. The lowest BCUT2D eigenvalue weighted by molar-refractivity contribution is -0.223. The number of nitriles is 1. The van der Waals surface area contributed by atoms with Crippen LogP contribution in [0.4, 0.5) is 4.39 Å². The summed E-state index contributed by atoms with van der Waals surface area (Å²) in [5.41, 5.74) is 1.38. The normalized spacial score (nSPS) is 33.1. The molecule has 1 aromatic heterocycles. The van der Waals surface area contributed by atoms with Crippen molar-refractivity contribution >= 4 is 5.91 Å². The van der Waals surface area contributed by atoms with Gasteiger partial charge in [-0.1, -0.05) is 19.1 Å². The van der Waals surface area contributed by atoms with E-state index in [0.29, 0.717) is 11.5 Å². The van der Waals surface area contributed by atoms with Gasteiger partial charge in [0.15, 0.2) is 0 Å². The van der Waals surface area contributed by atoms with Gasteiger partial charge in [-0.25, -0.2) is 4.39 Å². The van der Waals surface area contributed by atoms with Crippen molar-refractivity contribution < 1.29 is 9.18 Å². The van der Waals surface area contributed by atoms with E-state index in [4.69, 9.17) is 5.26 Å². The number of carbonyl (C=O) groups excluding carboxylic acids is 1. The summed E-state index contributed by atoms with van der Waals surface area (Å²) in [6.45, 7) is 3.68. The zero-order valence-corrected chi connectivity index (χ0v) is 15.9. The first-order valence-corrected chi connectivity index (χ1v) is 9.91. The number of hydrogen-bond acceptors (Lipinski definition) is 3. The maximum absolute atomic E-state index is 13.7. The Labute approximate surface area is 163 Å². The van der Waals surface area contributed by atoms with E-state index >= 15 is 0 Å². The maximum atomic E-state index is 13.7. The van der Waals surface area contributed by atoms with Crippen LogP contribution in [0, 0.1) is 33.9 Å². The molecule has 2 unspecified atom stereocenters. The second-order valence-corrected chi connectivity index (χ2v) is 9.22. The molecule has 2 heterocycles. The third-order valence-electron chi connectivity index (χ3n) is 6.86.